The maximum atomic E-state index is 11.9. The predicted molar refractivity (Wildman–Crippen MR) is 37.5 cm³/mol. The van der Waals surface area contributed by atoms with Crippen LogP contribution in [0, 0.1) is 5.41 Å². The van der Waals surface area contributed by atoms with Crippen LogP contribution in [0.2, 0.25) is 0 Å². The van der Waals surface area contributed by atoms with Gasteiger partial charge in [0, 0.05) is 0 Å². The topological polar surface area (TPSA) is 33.1 Å². The first-order valence-electron chi connectivity index (χ1n) is 2.27. The first kappa shape index (κ1) is 8.49. The summed E-state index contributed by atoms with van der Waals surface area (Å²) in [4.78, 5) is 0. The number of methoxy groups -OCH3 is 1. The SMILES string of the molecule is CO/C(S)=C(\C)C(=N)F. The second-order valence-corrected chi connectivity index (χ2v) is 1.85. The minimum absolute atomic E-state index is 0.112. The maximum Gasteiger partial charge on any atom is 0.212 e. The number of rotatable bonds is 2. The van der Waals surface area contributed by atoms with Gasteiger partial charge >= 0.3 is 0 Å². The minimum Gasteiger partial charge on any atom is -0.490 e. The lowest BCUT2D eigenvalue weighted by Gasteiger charge is -1.99. The zero-order valence-electron chi connectivity index (χ0n) is 5.23. The molecule has 52 valence electrons. The molecule has 1 N–H and O–H groups in total. The van der Waals surface area contributed by atoms with Crippen molar-refractivity contribution < 1.29 is 9.13 Å². The summed E-state index contributed by atoms with van der Waals surface area (Å²) in [6, 6.07) is 0. The summed E-state index contributed by atoms with van der Waals surface area (Å²) in [6.07, 6.45) is 0. The normalized spacial score (nSPS) is 12.4. The van der Waals surface area contributed by atoms with E-state index >= 15 is 0 Å². The van der Waals surface area contributed by atoms with Crippen molar-refractivity contribution in [1.29, 1.82) is 5.41 Å². The molecule has 0 saturated heterocycles. The highest BCUT2D eigenvalue weighted by atomic mass is 32.1. The molecule has 0 rings (SSSR count). The Morgan fingerprint density at radius 3 is 2.22 bits per heavy atom. The standard InChI is InChI=1S/C5H8FNOS/c1-3(4(6)7)5(9)8-2/h7,9H,1-2H3/b5-3-,7-4?. The highest BCUT2D eigenvalue weighted by molar-refractivity contribution is 7.84. The van der Waals surface area contributed by atoms with E-state index in [4.69, 9.17) is 5.41 Å². The summed E-state index contributed by atoms with van der Waals surface area (Å²) in [5, 5.41) is 6.62. The van der Waals surface area contributed by atoms with Crippen molar-refractivity contribution >= 4 is 18.6 Å². The van der Waals surface area contributed by atoms with Gasteiger partial charge in [0.1, 0.15) is 0 Å². The Morgan fingerprint density at radius 2 is 2.11 bits per heavy atom. The number of ether oxygens (including phenoxy) is 1. The van der Waals surface area contributed by atoms with Gasteiger partial charge in [-0.3, -0.25) is 5.41 Å². The Balaban J connectivity index is 4.28. The molecule has 0 saturated carbocycles. The molecule has 0 atom stereocenters. The molecular formula is C5H8FNOS. The number of halogens is 1. The number of nitrogens with one attached hydrogen (secondary N) is 1. The van der Waals surface area contributed by atoms with Gasteiger partial charge in [0.05, 0.1) is 12.7 Å². The summed E-state index contributed by atoms with van der Waals surface area (Å²) in [5.41, 5.74) is 0.112. The molecule has 0 unspecified atom stereocenters. The van der Waals surface area contributed by atoms with Gasteiger partial charge in [-0.2, -0.15) is 4.39 Å². The van der Waals surface area contributed by atoms with Crippen LogP contribution in [0.1, 0.15) is 6.92 Å². The molecule has 0 heterocycles. The fourth-order valence-electron chi connectivity index (χ4n) is 0.247. The summed E-state index contributed by atoms with van der Waals surface area (Å²) >= 11 is 3.74. The number of hydrogen-bond acceptors (Lipinski definition) is 3. The highest BCUT2D eigenvalue weighted by Gasteiger charge is 2.01. The molecule has 0 aliphatic heterocycles. The molecule has 0 radical (unpaired) electrons. The molecule has 0 aromatic carbocycles. The van der Waals surface area contributed by atoms with E-state index in [-0.39, 0.29) is 10.7 Å². The van der Waals surface area contributed by atoms with E-state index in [2.05, 4.69) is 17.4 Å². The lowest BCUT2D eigenvalue weighted by molar-refractivity contribution is 0.323. The van der Waals surface area contributed by atoms with Gasteiger partial charge in [0.2, 0.25) is 5.97 Å². The molecule has 0 aliphatic rings. The van der Waals surface area contributed by atoms with E-state index in [1.807, 2.05) is 0 Å². The van der Waals surface area contributed by atoms with Crippen LogP contribution in [0.3, 0.4) is 0 Å². The number of allylic oxidation sites excluding steroid dienone is 1. The third kappa shape index (κ3) is 2.51. The quantitative estimate of drug-likeness (QED) is 0.350. The van der Waals surface area contributed by atoms with Crippen molar-refractivity contribution in [3.8, 4) is 0 Å². The van der Waals surface area contributed by atoms with Gasteiger partial charge in [0.25, 0.3) is 0 Å². The van der Waals surface area contributed by atoms with Crippen molar-refractivity contribution in [2.75, 3.05) is 7.11 Å². The predicted octanol–water partition coefficient (Wildman–Crippen LogP) is 1.74. The van der Waals surface area contributed by atoms with E-state index < -0.39 is 5.97 Å². The molecular weight excluding hydrogens is 141 g/mol. The first-order chi connectivity index (χ1) is 4.09. The van der Waals surface area contributed by atoms with Crippen LogP contribution in [0.5, 0.6) is 0 Å². The zero-order chi connectivity index (χ0) is 7.44. The summed E-state index contributed by atoms with van der Waals surface area (Å²) < 4.78 is 16.5. The average molecular weight is 149 g/mol. The lowest BCUT2D eigenvalue weighted by Crippen LogP contribution is -1.92. The third-order valence-corrected chi connectivity index (χ3v) is 1.36. The van der Waals surface area contributed by atoms with Gasteiger partial charge in [0.15, 0.2) is 5.09 Å². The summed E-state index contributed by atoms with van der Waals surface area (Å²) in [7, 11) is 1.37. The second-order valence-electron chi connectivity index (χ2n) is 1.45. The lowest BCUT2D eigenvalue weighted by atomic mass is 10.3. The van der Waals surface area contributed by atoms with Gasteiger partial charge in [-0.15, -0.1) is 12.6 Å². The van der Waals surface area contributed by atoms with Crippen LogP contribution < -0.4 is 0 Å². The molecule has 0 aromatic rings. The van der Waals surface area contributed by atoms with Crippen molar-refractivity contribution in [1.82, 2.24) is 0 Å². The Kier molecular flexibility index (Phi) is 3.30. The Bertz CT molecular complexity index is 155. The monoisotopic (exact) mass is 149 g/mol. The number of hydrogen-bond donors (Lipinski definition) is 2. The Morgan fingerprint density at radius 1 is 1.67 bits per heavy atom. The highest BCUT2D eigenvalue weighted by Crippen LogP contribution is 2.09. The van der Waals surface area contributed by atoms with Crippen LogP contribution in [-0.4, -0.2) is 13.1 Å². The second kappa shape index (κ2) is 3.50. The van der Waals surface area contributed by atoms with E-state index in [9.17, 15) is 4.39 Å². The largest absolute Gasteiger partial charge is 0.490 e. The van der Waals surface area contributed by atoms with E-state index in [0.29, 0.717) is 0 Å². The van der Waals surface area contributed by atoms with Gasteiger partial charge in [-0.05, 0) is 6.92 Å². The van der Waals surface area contributed by atoms with Crippen LogP contribution >= 0.6 is 12.6 Å². The molecule has 2 nitrogen and oxygen atoms in total. The maximum absolute atomic E-state index is 11.9. The first-order valence-corrected chi connectivity index (χ1v) is 2.72. The third-order valence-electron chi connectivity index (χ3n) is 0.843. The zero-order valence-corrected chi connectivity index (χ0v) is 6.13. The van der Waals surface area contributed by atoms with Gasteiger partial charge in [-0.25, -0.2) is 0 Å². The van der Waals surface area contributed by atoms with Crippen LogP contribution in [0.4, 0.5) is 4.39 Å². The average Bonchev–Trinajstić information content (AvgIpc) is 1.84. The molecule has 0 aliphatic carbocycles. The van der Waals surface area contributed by atoms with E-state index in [0.717, 1.165) is 0 Å². The van der Waals surface area contributed by atoms with E-state index in [1.165, 1.54) is 14.0 Å². The summed E-state index contributed by atoms with van der Waals surface area (Å²) in [6.45, 7) is 1.42. The van der Waals surface area contributed by atoms with Crippen molar-refractivity contribution in [2.24, 2.45) is 0 Å². The molecule has 0 bridgehead atoms. The molecule has 9 heavy (non-hydrogen) atoms. The van der Waals surface area contributed by atoms with Crippen molar-refractivity contribution in [3.63, 3.8) is 0 Å². The van der Waals surface area contributed by atoms with Crippen molar-refractivity contribution in [2.45, 2.75) is 6.92 Å². The van der Waals surface area contributed by atoms with E-state index in [1.54, 1.807) is 0 Å². The Hall–Kier alpha value is -0.510. The van der Waals surface area contributed by atoms with Crippen LogP contribution in [0.25, 0.3) is 0 Å². The van der Waals surface area contributed by atoms with Crippen LogP contribution in [0.15, 0.2) is 10.7 Å². The molecule has 0 fully saturated rings. The minimum atomic E-state index is -1.01. The smallest absolute Gasteiger partial charge is 0.212 e. The fraction of sp³-hybridized carbons (Fsp3) is 0.400. The van der Waals surface area contributed by atoms with Gasteiger partial charge < -0.3 is 4.74 Å². The molecule has 0 aromatic heterocycles. The molecule has 0 spiro atoms. The number of thiol groups is 1. The fourth-order valence-corrected chi connectivity index (χ4v) is 0.345. The summed E-state index contributed by atoms with van der Waals surface area (Å²) in [5.74, 6) is -1.01. The van der Waals surface area contributed by atoms with Crippen LogP contribution in [-0.2, 0) is 4.74 Å². The Labute approximate surface area is 58.6 Å². The molecule has 4 heteroatoms. The molecule has 0 amide bonds. The van der Waals surface area contributed by atoms with Crippen molar-refractivity contribution in [3.05, 3.63) is 10.7 Å². The van der Waals surface area contributed by atoms with Gasteiger partial charge in [-0.1, -0.05) is 0 Å².